The molecule has 6 nitrogen and oxygen atoms in total. The number of esters is 1. The van der Waals surface area contributed by atoms with E-state index in [1.807, 2.05) is 19.0 Å². The average molecular weight is 231 g/mol. The number of ether oxygens (including phenoxy) is 1. The van der Waals surface area contributed by atoms with Gasteiger partial charge in [0.25, 0.3) is 0 Å². The number of hydrazine groups is 1. The Kier molecular flexibility index (Phi) is 10.8. The number of amides is 1. The van der Waals surface area contributed by atoms with Crippen LogP contribution >= 0.6 is 0 Å². The van der Waals surface area contributed by atoms with Gasteiger partial charge in [0.2, 0.25) is 5.91 Å². The molecule has 0 fully saturated rings. The van der Waals surface area contributed by atoms with Crippen LogP contribution in [0.5, 0.6) is 0 Å². The zero-order chi connectivity index (χ0) is 13.1. The third-order valence-electron chi connectivity index (χ3n) is 1.45. The predicted octanol–water partition coefficient (Wildman–Crippen LogP) is -0.384. The molecule has 0 aliphatic rings. The van der Waals surface area contributed by atoms with Crippen molar-refractivity contribution in [2.45, 2.75) is 6.92 Å². The monoisotopic (exact) mass is 231 g/mol. The third-order valence-corrected chi connectivity index (χ3v) is 1.45. The highest BCUT2D eigenvalue weighted by atomic mass is 16.5. The molecule has 0 radical (unpaired) electrons. The molecule has 0 heterocycles. The summed E-state index contributed by atoms with van der Waals surface area (Å²) in [5, 5.41) is 1.03. The molecule has 0 aromatic heterocycles. The van der Waals surface area contributed by atoms with Crippen molar-refractivity contribution in [3.05, 3.63) is 12.7 Å². The van der Waals surface area contributed by atoms with Crippen molar-refractivity contribution in [2.24, 2.45) is 5.84 Å². The van der Waals surface area contributed by atoms with E-state index in [1.165, 1.54) is 14.0 Å². The Hall–Kier alpha value is -1.40. The molecule has 1 amide bonds. The van der Waals surface area contributed by atoms with Crippen LogP contribution < -0.4 is 5.84 Å². The molecule has 6 heteroatoms. The molecule has 0 atom stereocenters. The molecular weight excluding hydrogens is 210 g/mol. The Morgan fingerprint density at radius 1 is 1.38 bits per heavy atom. The maximum absolute atomic E-state index is 10.4. The molecule has 0 spiro atoms. The van der Waals surface area contributed by atoms with Gasteiger partial charge in [0.05, 0.1) is 0 Å². The summed E-state index contributed by atoms with van der Waals surface area (Å²) in [6.07, 6.45) is 1.16. The molecule has 94 valence electrons. The SMILES string of the molecule is C=CC(=O)OCCN(C)C.CC(=O)N(C)N. The summed E-state index contributed by atoms with van der Waals surface area (Å²) in [6, 6.07) is 0. The number of nitrogens with zero attached hydrogens (tertiary/aromatic N) is 2. The second kappa shape index (κ2) is 10.1. The van der Waals surface area contributed by atoms with Gasteiger partial charge in [0, 0.05) is 26.6 Å². The molecular formula is C10H21N3O3. The van der Waals surface area contributed by atoms with Gasteiger partial charge in [-0.1, -0.05) is 6.58 Å². The second-order valence-corrected chi connectivity index (χ2v) is 3.30. The number of rotatable bonds is 4. The van der Waals surface area contributed by atoms with Gasteiger partial charge in [-0.2, -0.15) is 0 Å². The third kappa shape index (κ3) is 15.1. The van der Waals surface area contributed by atoms with Crippen molar-refractivity contribution in [3.63, 3.8) is 0 Å². The smallest absolute Gasteiger partial charge is 0.330 e. The molecule has 0 bridgehead atoms. The van der Waals surface area contributed by atoms with Gasteiger partial charge >= 0.3 is 5.97 Å². The van der Waals surface area contributed by atoms with Gasteiger partial charge < -0.3 is 9.64 Å². The van der Waals surface area contributed by atoms with E-state index in [0.717, 1.165) is 17.6 Å². The van der Waals surface area contributed by atoms with E-state index in [4.69, 9.17) is 10.6 Å². The van der Waals surface area contributed by atoms with Crippen LogP contribution in [0.15, 0.2) is 12.7 Å². The Labute approximate surface area is 96.6 Å². The fourth-order valence-corrected chi connectivity index (χ4v) is 0.388. The molecule has 0 rings (SSSR count). The summed E-state index contributed by atoms with van der Waals surface area (Å²) >= 11 is 0. The minimum atomic E-state index is -0.359. The van der Waals surface area contributed by atoms with E-state index < -0.39 is 0 Å². The van der Waals surface area contributed by atoms with Crippen LogP contribution in [-0.2, 0) is 14.3 Å². The molecule has 0 unspecified atom stereocenters. The zero-order valence-corrected chi connectivity index (χ0v) is 10.4. The molecule has 0 aliphatic carbocycles. The van der Waals surface area contributed by atoms with Crippen molar-refractivity contribution in [2.75, 3.05) is 34.3 Å². The van der Waals surface area contributed by atoms with E-state index in [1.54, 1.807) is 0 Å². The lowest BCUT2D eigenvalue weighted by atomic mass is 10.6. The first kappa shape index (κ1) is 17.0. The first-order valence-electron chi connectivity index (χ1n) is 4.74. The lowest BCUT2D eigenvalue weighted by Crippen LogP contribution is -2.30. The normalized spacial score (nSPS) is 8.88. The van der Waals surface area contributed by atoms with Crippen LogP contribution in [0.2, 0.25) is 0 Å². The maximum atomic E-state index is 10.4. The number of hydrogen-bond acceptors (Lipinski definition) is 5. The van der Waals surface area contributed by atoms with Crippen LogP contribution in [0.4, 0.5) is 0 Å². The first-order valence-corrected chi connectivity index (χ1v) is 4.74. The fraction of sp³-hybridized carbons (Fsp3) is 0.600. The Balaban J connectivity index is 0. The van der Waals surface area contributed by atoms with Crippen molar-refractivity contribution in [1.29, 1.82) is 0 Å². The molecule has 0 saturated heterocycles. The maximum Gasteiger partial charge on any atom is 0.330 e. The minimum Gasteiger partial charge on any atom is -0.461 e. The summed E-state index contributed by atoms with van der Waals surface area (Å²) in [5.74, 6) is 4.43. The van der Waals surface area contributed by atoms with Gasteiger partial charge in [-0.05, 0) is 14.1 Å². The highest BCUT2D eigenvalue weighted by Crippen LogP contribution is 1.80. The largest absolute Gasteiger partial charge is 0.461 e. The standard InChI is InChI=1S/C7H13NO2.C3H8N2O/c1-4-7(9)10-6-5-8(2)3;1-3(6)5(2)4/h4H,1,5-6H2,2-3H3;4H2,1-2H3. The van der Waals surface area contributed by atoms with Crippen LogP contribution in [0, 0.1) is 0 Å². The van der Waals surface area contributed by atoms with Gasteiger partial charge in [0.15, 0.2) is 0 Å². The van der Waals surface area contributed by atoms with E-state index in [-0.39, 0.29) is 11.9 Å². The van der Waals surface area contributed by atoms with Crippen molar-refractivity contribution < 1.29 is 14.3 Å². The number of carbonyl (C=O) groups excluding carboxylic acids is 2. The molecule has 0 saturated carbocycles. The molecule has 0 aromatic rings. The molecule has 0 aromatic carbocycles. The van der Waals surface area contributed by atoms with Gasteiger partial charge in [-0.25, -0.2) is 10.6 Å². The van der Waals surface area contributed by atoms with Crippen molar-refractivity contribution in [1.82, 2.24) is 9.91 Å². The van der Waals surface area contributed by atoms with Crippen LogP contribution in [-0.4, -0.2) is 56.1 Å². The summed E-state index contributed by atoms with van der Waals surface area (Å²) in [5.41, 5.74) is 0. The fourth-order valence-electron chi connectivity index (χ4n) is 0.388. The van der Waals surface area contributed by atoms with Gasteiger partial charge in [-0.15, -0.1) is 0 Å². The van der Waals surface area contributed by atoms with Crippen LogP contribution in [0.25, 0.3) is 0 Å². The van der Waals surface area contributed by atoms with E-state index in [0.29, 0.717) is 6.61 Å². The average Bonchev–Trinajstić information content (AvgIpc) is 2.17. The number of nitrogens with two attached hydrogens (primary N) is 1. The van der Waals surface area contributed by atoms with Crippen molar-refractivity contribution in [3.8, 4) is 0 Å². The van der Waals surface area contributed by atoms with Crippen LogP contribution in [0.3, 0.4) is 0 Å². The van der Waals surface area contributed by atoms with E-state index in [2.05, 4.69) is 6.58 Å². The molecule has 0 aliphatic heterocycles. The lowest BCUT2D eigenvalue weighted by Gasteiger charge is -2.07. The lowest BCUT2D eigenvalue weighted by molar-refractivity contribution is -0.138. The minimum absolute atomic E-state index is 0.130. The highest BCUT2D eigenvalue weighted by Gasteiger charge is 1.94. The summed E-state index contributed by atoms with van der Waals surface area (Å²) in [7, 11) is 5.34. The van der Waals surface area contributed by atoms with Gasteiger partial charge in [0.1, 0.15) is 6.61 Å². The Bertz CT molecular complexity index is 227. The number of hydrogen-bond donors (Lipinski definition) is 1. The first-order chi connectivity index (χ1) is 7.31. The number of carbonyl (C=O) groups is 2. The number of likely N-dealkylation sites (N-methyl/N-ethyl adjacent to an activating group) is 1. The van der Waals surface area contributed by atoms with E-state index >= 15 is 0 Å². The second-order valence-electron chi connectivity index (χ2n) is 3.30. The van der Waals surface area contributed by atoms with E-state index in [9.17, 15) is 9.59 Å². The van der Waals surface area contributed by atoms with Gasteiger partial charge in [-0.3, -0.25) is 9.80 Å². The summed E-state index contributed by atoms with van der Waals surface area (Å²) in [4.78, 5) is 22.3. The Morgan fingerprint density at radius 2 is 1.81 bits per heavy atom. The molecule has 2 N–H and O–H groups in total. The van der Waals surface area contributed by atoms with Crippen molar-refractivity contribution >= 4 is 11.9 Å². The van der Waals surface area contributed by atoms with Crippen LogP contribution in [0.1, 0.15) is 6.92 Å². The molecule has 16 heavy (non-hydrogen) atoms. The topological polar surface area (TPSA) is 75.9 Å². The highest BCUT2D eigenvalue weighted by molar-refractivity contribution is 5.81. The Morgan fingerprint density at radius 3 is 2.06 bits per heavy atom. The quantitative estimate of drug-likeness (QED) is 0.234. The summed E-state index contributed by atoms with van der Waals surface area (Å²) in [6.45, 7) is 5.85. The predicted molar refractivity (Wildman–Crippen MR) is 62.3 cm³/mol. The summed E-state index contributed by atoms with van der Waals surface area (Å²) < 4.78 is 4.70. The zero-order valence-electron chi connectivity index (χ0n) is 10.4.